The molecule has 1 atom stereocenters. The molecule has 6 heteroatoms. The molecule has 0 aromatic carbocycles. The van der Waals surface area contributed by atoms with Crippen LogP contribution >= 0.6 is 30.2 Å². The second-order valence-corrected chi connectivity index (χ2v) is 18.2. The SMILES string of the molecule is C[P+](C)(N)CC(CBr)C(=O)OP(C)(C)(C)C. The van der Waals surface area contributed by atoms with Crippen LogP contribution in [0.3, 0.4) is 0 Å². The van der Waals surface area contributed by atoms with Gasteiger partial charge in [-0.3, -0.25) is 0 Å². The first kappa shape index (κ1) is 16.8. The first-order chi connectivity index (χ1) is 6.80. The quantitative estimate of drug-likeness (QED) is 0.622. The number of rotatable bonds is 5. The summed E-state index contributed by atoms with van der Waals surface area (Å²) in [5, 5.41) is 0.624. The molecule has 0 saturated heterocycles. The van der Waals surface area contributed by atoms with Crippen LogP contribution in [0.2, 0.25) is 0 Å². The van der Waals surface area contributed by atoms with Gasteiger partial charge in [0, 0.05) is 0 Å². The summed E-state index contributed by atoms with van der Waals surface area (Å²) in [7, 11) is -1.45. The van der Waals surface area contributed by atoms with Gasteiger partial charge in [-0.25, -0.2) is 0 Å². The van der Waals surface area contributed by atoms with Crippen molar-refractivity contribution in [1.82, 2.24) is 0 Å². The number of carbonyl (C=O) groups is 1. The van der Waals surface area contributed by atoms with Gasteiger partial charge in [0.05, 0.1) is 0 Å². The number of hydrogen-bond donors (Lipinski definition) is 1. The molecule has 1 unspecified atom stereocenters. The van der Waals surface area contributed by atoms with Crippen LogP contribution in [0.5, 0.6) is 0 Å². The van der Waals surface area contributed by atoms with Gasteiger partial charge in [0.1, 0.15) is 0 Å². The molecule has 0 fully saturated rings. The van der Waals surface area contributed by atoms with Crippen LogP contribution in [-0.4, -0.2) is 57.5 Å². The number of nitrogens with two attached hydrogens (primary N) is 1. The van der Waals surface area contributed by atoms with Crippen molar-refractivity contribution in [2.24, 2.45) is 11.4 Å². The summed E-state index contributed by atoms with van der Waals surface area (Å²) in [6, 6.07) is 0. The molecule has 98 valence electrons. The summed E-state index contributed by atoms with van der Waals surface area (Å²) in [6.07, 6.45) is 0.740. The Kier molecular flexibility index (Phi) is 5.43. The number of alkyl halides is 1. The van der Waals surface area contributed by atoms with Crippen LogP contribution in [0.4, 0.5) is 0 Å². The fourth-order valence-corrected chi connectivity index (χ4v) is 4.32. The predicted octanol–water partition coefficient (Wildman–Crippen LogP) is 2.68. The first-order valence-electron chi connectivity index (χ1n) is 5.22. The van der Waals surface area contributed by atoms with E-state index < -0.39 is 14.2 Å². The zero-order valence-corrected chi connectivity index (χ0v) is 14.5. The molecule has 0 spiro atoms. The number of halogens is 1. The van der Waals surface area contributed by atoms with Gasteiger partial charge < -0.3 is 0 Å². The Morgan fingerprint density at radius 1 is 1.38 bits per heavy atom. The summed E-state index contributed by atoms with van der Waals surface area (Å²) in [5.41, 5.74) is 6.04. The van der Waals surface area contributed by atoms with E-state index in [2.05, 4.69) is 15.9 Å². The minimum atomic E-state index is -2.23. The molecule has 0 aromatic heterocycles. The maximum atomic E-state index is 12.0. The Morgan fingerprint density at radius 3 is 2.06 bits per heavy atom. The van der Waals surface area contributed by atoms with E-state index in [1.54, 1.807) is 0 Å². The second-order valence-electron chi connectivity index (χ2n) is 6.64. The van der Waals surface area contributed by atoms with E-state index in [4.69, 9.17) is 10.0 Å². The van der Waals surface area contributed by atoms with Crippen molar-refractivity contribution in [3.8, 4) is 0 Å². The molecule has 0 aromatic rings. The Hall–Kier alpha value is 0.770. The monoisotopic (exact) mass is 332 g/mol. The molecule has 0 bridgehead atoms. The third-order valence-electron chi connectivity index (χ3n) is 1.67. The average Bonchev–Trinajstić information content (AvgIpc) is 1.93. The van der Waals surface area contributed by atoms with Gasteiger partial charge in [-0.05, 0) is 0 Å². The predicted molar refractivity (Wildman–Crippen MR) is 81.8 cm³/mol. The van der Waals surface area contributed by atoms with Crippen molar-refractivity contribution in [3.05, 3.63) is 0 Å². The fourth-order valence-electron chi connectivity index (χ4n) is 1.19. The van der Waals surface area contributed by atoms with Gasteiger partial charge in [-0.2, -0.15) is 0 Å². The molecule has 0 aliphatic heterocycles. The molecule has 0 aliphatic carbocycles. The van der Waals surface area contributed by atoms with E-state index >= 15 is 0 Å². The number of carbonyl (C=O) groups excluding carboxylic acids is 1. The summed E-state index contributed by atoms with van der Waals surface area (Å²) in [5.74, 6) is -0.224. The van der Waals surface area contributed by atoms with Crippen LogP contribution in [0, 0.1) is 5.92 Å². The molecule has 0 amide bonds. The van der Waals surface area contributed by atoms with Crippen molar-refractivity contribution < 1.29 is 9.32 Å². The summed E-state index contributed by atoms with van der Waals surface area (Å²) >= 11 is 3.37. The van der Waals surface area contributed by atoms with Crippen molar-refractivity contribution in [3.63, 3.8) is 0 Å². The average molecular weight is 333 g/mol. The maximum absolute atomic E-state index is 12.0. The van der Waals surface area contributed by atoms with Crippen molar-refractivity contribution in [2.45, 2.75) is 0 Å². The van der Waals surface area contributed by atoms with Crippen LogP contribution in [-0.2, 0) is 9.32 Å². The van der Waals surface area contributed by atoms with E-state index in [-0.39, 0.29) is 11.9 Å². The van der Waals surface area contributed by atoms with Gasteiger partial charge in [0.25, 0.3) is 0 Å². The Balaban J connectivity index is 4.58. The van der Waals surface area contributed by atoms with Gasteiger partial charge in [-0.1, -0.05) is 0 Å². The third-order valence-corrected chi connectivity index (χ3v) is 4.74. The molecule has 2 N–H and O–H groups in total. The van der Waals surface area contributed by atoms with Crippen molar-refractivity contribution >= 4 is 36.1 Å². The molecule has 0 heterocycles. The second kappa shape index (κ2) is 5.18. The van der Waals surface area contributed by atoms with Gasteiger partial charge >= 0.3 is 108 Å². The van der Waals surface area contributed by atoms with Crippen molar-refractivity contribution in [2.75, 3.05) is 51.5 Å². The molecule has 0 radical (unpaired) electrons. The molecular weight excluding hydrogens is 308 g/mol. The number of hydrogen-bond acceptors (Lipinski definition) is 3. The Morgan fingerprint density at radius 2 is 1.81 bits per heavy atom. The van der Waals surface area contributed by atoms with Gasteiger partial charge in [0.2, 0.25) is 0 Å². The normalized spacial score (nSPS) is 17.4. The van der Waals surface area contributed by atoms with E-state index in [0.29, 0.717) is 5.33 Å². The van der Waals surface area contributed by atoms with E-state index in [1.807, 2.05) is 40.0 Å². The summed E-state index contributed by atoms with van der Waals surface area (Å²) in [4.78, 5) is 12.0. The van der Waals surface area contributed by atoms with E-state index in [9.17, 15) is 4.79 Å². The van der Waals surface area contributed by atoms with Crippen LogP contribution in [0.25, 0.3) is 0 Å². The van der Waals surface area contributed by atoms with Crippen LogP contribution in [0.1, 0.15) is 0 Å². The first-order valence-corrected chi connectivity index (χ1v) is 13.2. The van der Waals surface area contributed by atoms with Crippen LogP contribution < -0.4 is 5.50 Å². The summed E-state index contributed by atoms with van der Waals surface area (Å²) in [6.45, 7) is 9.93. The standard InChI is InChI=1S/C10H25BrNO2P2/c1-15(2,12)8-9(7-11)10(13)14-16(3,4,5)6/h9H,7-8,12H2,1-6H3/q+1. The molecule has 0 saturated carbocycles. The molecule has 3 nitrogen and oxygen atoms in total. The minimum absolute atomic E-state index is 0.108. The molecule has 0 rings (SSSR count). The van der Waals surface area contributed by atoms with Gasteiger partial charge in [0.15, 0.2) is 0 Å². The topological polar surface area (TPSA) is 52.3 Å². The van der Waals surface area contributed by atoms with E-state index in [1.165, 1.54) is 0 Å². The zero-order chi connectivity index (χ0) is 13.2. The Labute approximate surface area is 108 Å². The molecule has 0 aliphatic rings. The van der Waals surface area contributed by atoms with E-state index in [0.717, 1.165) is 6.16 Å². The fraction of sp³-hybridized carbons (Fsp3) is 0.900. The summed E-state index contributed by atoms with van der Waals surface area (Å²) < 4.78 is 5.65. The zero-order valence-electron chi connectivity index (χ0n) is 11.2. The Bertz CT molecular complexity index is 259. The third kappa shape index (κ3) is 8.87. The molecular formula is C10H25BrNO2P2+. The van der Waals surface area contributed by atoms with Crippen molar-refractivity contribution in [1.29, 1.82) is 0 Å². The van der Waals surface area contributed by atoms with Gasteiger partial charge in [-0.15, -0.1) is 0 Å². The van der Waals surface area contributed by atoms with Crippen LogP contribution in [0.15, 0.2) is 0 Å². The molecule has 16 heavy (non-hydrogen) atoms.